The molecule has 1 aromatic carbocycles. The fourth-order valence-corrected chi connectivity index (χ4v) is 2.71. The maximum absolute atomic E-state index is 5.30. The van der Waals surface area contributed by atoms with Gasteiger partial charge in [0.15, 0.2) is 0 Å². The Hall–Kier alpha value is -1.06. The molecule has 3 nitrogen and oxygen atoms in total. The highest BCUT2D eigenvalue weighted by Crippen LogP contribution is 2.24. The van der Waals surface area contributed by atoms with E-state index < -0.39 is 0 Å². The molecule has 0 N–H and O–H groups in total. The number of hydrogen-bond acceptors (Lipinski definition) is 3. The van der Waals surface area contributed by atoms with Crippen molar-refractivity contribution in [3.8, 4) is 0 Å². The van der Waals surface area contributed by atoms with Crippen molar-refractivity contribution in [2.45, 2.75) is 20.0 Å². The van der Waals surface area contributed by atoms with E-state index in [2.05, 4.69) is 41.8 Å². The van der Waals surface area contributed by atoms with E-state index in [-0.39, 0.29) is 0 Å². The lowest BCUT2D eigenvalue weighted by Crippen LogP contribution is -2.47. The number of rotatable bonds is 3. The summed E-state index contributed by atoms with van der Waals surface area (Å²) in [4.78, 5) is 5.05. The van der Waals surface area contributed by atoms with E-state index in [0.717, 1.165) is 39.3 Å². The predicted octanol–water partition coefficient (Wildman–Crippen LogP) is 1.82. The number of aryl methyl sites for hydroxylation is 1. The van der Waals surface area contributed by atoms with E-state index in [1.807, 2.05) is 0 Å². The lowest BCUT2D eigenvalue weighted by molar-refractivity contribution is 0.230. The number of epoxide rings is 1. The van der Waals surface area contributed by atoms with Crippen molar-refractivity contribution in [3.63, 3.8) is 0 Å². The topological polar surface area (TPSA) is 19.0 Å². The summed E-state index contributed by atoms with van der Waals surface area (Å²) in [5.74, 6) is 0. The summed E-state index contributed by atoms with van der Waals surface area (Å²) in [5, 5.41) is 0. The van der Waals surface area contributed by atoms with Gasteiger partial charge in [0.25, 0.3) is 0 Å². The van der Waals surface area contributed by atoms with Crippen LogP contribution in [0, 0.1) is 13.8 Å². The number of nitrogens with zero attached hydrogens (tertiary/aromatic N) is 2. The summed E-state index contributed by atoms with van der Waals surface area (Å²) in [6, 6.07) is 6.61. The molecule has 2 heterocycles. The first-order valence-electron chi connectivity index (χ1n) is 6.89. The third-order valence-electron chi connectivity index (χ3n) is 4.15. The van der Waals surface area contributed by atoms with Gasteiger partial charge < -0.3 is 9.64 Å². The van der Waals surface area contributed by atoms with E-state index in [0.29, 0.717) is 6.10 Å². The van der Waals surface area contributed by atoms with E-state index in [1.165, 1.54) is 16.8 Å². The maximum Gasteiger partial charge on any atom is 0.0936 e. The standard InChI is InChI=1S/C15H22N2O/c1-12-4-3-5-15(13(12)2)17-8-6-16(7-9-17)10-14-11-18-14/h3-5,14H,6-11H2,1-2H3/t14-/m1/s1. The highest BCUT2D eigenvalue weighted by Gasteiger charge is 2.27. The molecule has 2 aliphatic heterocycles. The largest absolute Gasteiger partial charge is 0.372 e. The van der Waals surface area contributed by atoms with Crippen LogP contribution in [0.4, 0.5) is 5.69 Å². The number of piperazine rings is 1. The minimum Gasteiger partial charge on any atom is -0.372 e. The minimum absolute atomic E-state index is 0.525. The Bertz CT molecular complexity index is 421. The van der Waals surface area contributed by atoms with Crippen LogP contribution in [-0.2, 0) is 4.74 Å². The van der Waals surface area contributed by atoms with Crippen LogP contribution < -0.4 is 4.90 Å². The molecule has 2 saturated heterocycles. The smallest absolute Gasteiger partial charge is 0.0936 e. The monoisotopic (exact) mass is 246 g/mol. The molecule has 18 heavy (non-hydrogen) atoms. The Morgan fingerprint density at radius 3 is 2.56 bits per heavy atom. The van der Waals surface area contributed by atoms with Crippen LogP contribution in [0.5, 0.6) is 0 Å². The number of ether oxygens (including phenoxy) is 1. The summed E-state index contributed by atoms with van der Waals surface area (Å²) < 4.78 is 5.30. The van der Waals surface area contributed by atoms with Crippen LogP contribution in [0.3, 0.4) is 0 Å². The SMILES string of the molecule is Cc1cccc(N2CCN(C[C@@H]3CO3)CC2)c1C. The maximum atomic E-state index is 5.30. The highest BCUT2D eigenvalue weighted by molar-refractivity contribution is 5.56. The molecule has 0 radical (unpaired) electrons. The molecule has 2 fully saturated rings. The van der Waals surface area contributed by atoms with Crippen molar-refractivity contribution >= 4 is 5.69 Å². The summed E-state index contributed by atoms with van der Waals surface area (Å²) >= 11 is 0. The van der Waals surface area contributed by atoms with Crippen molar-refractivity contribution < 1.29 is 4.74 Å². The van der Waals surface area contributed by atoms with Gasteiger partial charge in [0.05, 0.1) is 12.7 Å². The fraction of sp³-hybridized carbons (Fsp3) is 0.600. The molecule has 0 spiro atoms. The van der Waals surface area contributed by atoms with Crippen molar-refractivity contribution in [3.05, 3.63) is 29.3 Å². The molecule has 3 rings (SSSR count). The molecule has 2 aliphatic rings. The molecule has 0 aromatic heterocycles. The molecule has 3 heteroatoms. The second-order valence-electron chi connectivity index (χ2n) is 5.46. The molecular weight excluding hydrogens is 224 g/mol. The summed E-state index contributed by atoms with van der Waals surface area (Å²) in [5.41, 5.74) is 4.23. The van der Waals surface area contributed by atoms with E-state index in [9.17, 15) is 0 Å². The van der Waals surface area contributed by atoms with Gasteiger partial charge in [-0.2, -0.15) is 0 Å². The Kier molecular flexibility index (Phi) is 3.27. The minimum atomic E-state index is 0.525. The van der Waals surface area contributed by atoms with Crippen molar-refractivity contribution in [1.29, 1.82) is 0 Å². The average Bonchev–Trinajstić information content (AvgIpc) is 3.18. The Morgan fingerprint density at radius 1 is 1.17 bits per heavy atom. The molecule has 1 atom stereocenters. The Labute approximate surface area is 109 Å². The first-order valence-corrected chi connectivity index (χ1v) is 6.89. The second kappa shape index (κ2) is 4.90. The van der Waals surface area contributed by atoms with Gasteiger partial charge in [0.2, 0.25) is 0 Å². The predicted molar refractivity (Wildman–Crippen MR) is 74.3 cm³/mol. The number of benzene rings is 1. The van der Waals surface area contributed by atoms with Crippen LogP contribution in [0.15, 0.2) is 18.2 Å². The van der Waals surface area contributed by atoms with Gasteiger partial charge in [-0.05, 0) is 31.0 Å². The van der Waals surface area contributed by atoms with E-state index in [4.69, 9.17) is 4.74 Å². The molecule has 0 aliphatic carbocycles. The Morgan fingerprint density at radius 2 is 1.89 bits per heavy atom. The third-order valence-corrected chi connectivity index (χ3v) is 4.15. The molecule has 0 bridgehead atoms. The van der Waals surface area contributed by atoms with Gasteiger partial charge >= 0.3 is 0 Å². The molecule has 0 amide bonds. The van der Waals surface area contributed by atoms with E-state index >= 15 is 0 Å². The van der Waals surface area contributed by atoms with Crippen molar-refractivity contribution in [1.82, 2.24) is 4.90 Å². The summed E-state index contributed by atoms with van der Waals surface area (Å²) in [6.45, 7) is 11.1. The van der Waals surface area contributed by atoms with Crippen LogP contribution in [0.1, 0.15) is 11.1 Å². The van der Waals surface area contributed by atoms with Gasteiger partial charge in [-0.25, -0.2) is 0 Å². The lowest BCUT2D eigenvalue weighted by Gasteiger charge is -2.36. The highest BCUT2D eigenvalue weighted by atomic mass is 16.6. The summed E-state index contributed by atoms with van der Waals surface area (Å²) in [7, 11) is 0. The molecule has 1 aromatic rings. The fourth-order valence-electron chi connectivity index (χ4n) is 2.71. The molecular formula is C15H22N2O. The van der Waals surface area contributed by atoms with Crippen LogP contribution in [0.2, 0.25) is 0 Å². The lowest BCUT2D eigenvalue weighted by atomic mass is 10.1. The second-order valence-corrected chi connectivity index (χ2v) is 5.46. The van der Waals surface area contributed by atoms with Crippen LogP contribution >= 0.6 is 0 Å². The van der Waals surface area contributed by atoms with Gasteiger partial charge in [-0.3, -0.25) is 4.90 Å². The van der Waals surface area contributed by atoms with E-state index in [1.54, 1.807) is 0 Å². The zero-order valence-electron chi connectivity index (χ0n) is 11.4. The average molecular weight is 246 g/mol. The zero-order valence-corrected chi connectivity index (χ0v) is 11.4. The molecule has 0 unspecified atom stereocenters. The first-order chi connectivity index (χ1) is 8.74. The zero-order chi connectivity index (χ0) is 12.5. The number of hydrogen-bond donors (Lipinski definition) is 0. The van der Waals surface area contributed by atoms with Gasteiger partial charge in [-0.15, -0.1) is 0 Å². The Balaban J connectivity index is 1.62. The van der Waals surface area contributed by atoms with Crippen LogP contribution in [-0.4, -0.2) is 50.3 Å². The molecule has 98 valence electrons. The van der Waals surface area contributed by atoms with Gasteiger partial charge in [0.1, 0.15) is 0 Å². The van der Waals surface area contributed by atoms with Crippen LogP contribution in [0.25, 0.3) is 0 Å². The van der Waals surface area contributed by atoms with Crippen molar-refractivity contribution in [2.24, 2.45) is 0 Å². The van der Waals surface area contributed by atoms with Gasteiger partial charge in [-0.1, -0.05) is 12.1 Å². The normalized spacial score (nSPS) is 24.3. The molecule has 0 saturated carbocycles. The quantitative estimate of drug-likeness (QED) is 0.758. The van der Waals surface area contributed by atoms with Gasteiger partial charge in [0, 0.05) is 38.4 Å². The first kappa shape index (κ1) is 12.0. The third kappa shape index (κ3) is 2.52. The summed E-state index contributed by atoms with van der Waals surface area (Å²) in [6.07, 6.45) is 0.525. The van der Waals surface area contributed by atoms with Crippen molar-refractivity contribution in [2.75, 3.05) is 44.2 Å². The number of anilines is 1.